The normalized spacial score (nSPS) is 11.8. The van der Waals surface area contributed by atoms with E-state index in [-0.39, 0.29) is 12.4 Å². The quantitative estimate of drug-likeness (QED) is 0.453. The van der Waals surface area contributed by atoms with Gasteiger partial charge in [0.15, 0.2) is 17.2 Å². The van der Waals surface area contributed by atoms with E-state index in [0.29, 0.717) is 29.4 Å². The van der Waals surface area contributed by atoms with Crippen molar-refractivity contribution in [3.05, 3.63) is 72.6 Å². The molecular formula is C23H22F3N3O4. The Morgan fingerprint density at radius 2 is 1.70 bits per heavy atom. The van der Waals surface area contributed by atoms with Crippen molar-refractivity contribution in [1.82, 2.24) is 14.8 Å². The van der Waals surface area contributed by atoms with Crippen molar-refractivity contribution in [3.63, 3.8) is 0 Å². The minimum absolute atomic E-state index is 0.0439. The van der Waals surface area contributed by atoms with E-state index < -0.39 is 23.3 Å². The van der Waals surface area contributed by atoms with Crippen LogP contribution in [0.2, 0.25) is 0 Å². The summed E-state index contributed by atoms with van der Waals surface area (Å²) in [4.78, 5) is 15.6. The molecule has 0 atom stereocenters. The Bertz CT molecular complexity index is 1120. The van der Waals surface area contributed by atoms with Crippen molar-refractivity contribution >= 4 is 5.97 Å². The van der Waals surface area contributed by atoms with Gasteiger partial charge in [-0.2, -0.15) is 18.3 Å². The lowest BCUT2D eigenvalue weighted by atomic mass is 10.1. The summed E-state index contributed by atoms with van der Waals surface area (Å²) in [6.45, 7) is 6.95. The molecule has 0 fully saturated rings. The van der Waals surface area contributed by atoms with Crippen LogP contribution in [-0.4, -0.2) is 31.4 Å². The minimum Gasteiger partial charge on any atom is -0.486 e. The molecule has 174 valence electrons. The number of carboxylic acid groups (broad SMARTS) is 1. The lowest BCUT2D eigenvalue weighted by Crippen LogP contribution is -2.37. The van der Waals surface area contributed by atoms with Gasteiger partial charge in [-0.05, 0) is 50.2 Å². The van der Waals surface area contributed by atoms with Crippen LogP contribution in [0, 0.1) is 0 Å². The van der Waals surface area contributed by atoms with E-state index in [1.807, 2.05) is 0 Å². The molecule has 10 heteroatoms. The summed E-state index contributed by atoms with van der Waals surface area (Å²) in [7, 11) is 0. The monoisotopic (exact) mass is 461 g/mol. The molecule has 0 aliphatic rings. The molecule has 1 aromatic heterocycles. The van der Waals surface area contributed by atoms with E-state index in [2.05, 4.69) is 16.7 Å². The lowest BCUT2D eigenvalue weighted by molar-refractivity contribution is -0.152. The van der Waals surface area contributed by atoms with Crippen molar-refractivity contribution in [2.24, 2.45) is 0 Å². The number of carboxylic acids is 1. The first-order chi connectivity index (χ1) is 15.5. The van der Waals surface area contributed by atoms with E-state index in [1.165, 1.54) is 26.0 Å². The zero-order valence-corrected chi connectivity index (χ0v) is 18.0. The number of alkyl halides is 3. The fourth-order valence-electron chi connectivity index (χ4n) is 2.77. The minimum atomic E-state index is -4.42. The highest BCUT2D eigenvalue weighted by molar-refractivity contribution is 5.76. The third-order valence-corrected chi connectivity index (χ3v) is 4.60. The first-order valence-corrected chi connectivity index (χ1v) is 9.87. The number of rotatable bonds is 9. The van der Waals surface area contributed by atoms with E-state index >= 15 is 0 Å². The summed E-state index contributed by atoms with van der Waals surface area (Å²) < 4.78 is 51.1. The first kappa shape index (κ1) is 23.8. The number of aromatic nitrogens is 3. The molecule has 1 N–H and O–H groups in total. The first-order valence-electron chi connectivity index (χ1n) is 9.87. The Balaban J connectivity index is 1.72. The molecule has 0 bridgehead atoms. The van der Waals surface area contributed by atoms with Crippen LogP contribution >= 0.6 is 0 Å². The van der Waals surface area contributed by atoms with Gasteiger partial charge in [0.2, 0.25) is 0 Å². The summed E-state index contributed by atoms with van der Waals surface area (Å²) in [5.74, 6) is 0.489. The van der Waals surface area contributed by atoms with Gasteiger partial charge in [0.25, 0.3) is 0 Å². The van der Waals surface area contributed by atoms with Gasteiger partial charge in [-0.3, -0.25) is 0 Å². The Labute approximate surface area is 188 Å². The molecule has 2 aromatic carbocycles. The number of carbonyl (C=O) groups is 1. The van der Waals surface area contributed by atoms with Crippen LogP contribution in [0.15, 0.2) is 61.2 Å². The van der Waals surface area contributed by atoms with Crippen LogP contribution in [-0.2, 0) is 24.1 Å². The molecule has 0 saturated carbocycles. The maximum Gasteiger partial charge on any atom is 0.416 e. The smallest absolute Gasteiger partial charge is 0.416 e. The predicted octanol–water partition coefficient (Wildman–Crippen LogP) is 4.97. The van der Waals surface area contributed by atoms with E-state index in [1.54, 1.807) is 35.0 Å². The number of halogens is 3. The van der Waals surface area contributed by atoms with E-state index in [4.69, 9.17) is 14.6 Å². The molecule has 0 aliphatic carbocycles. The average Bonchev–Trinajstić information content (AvgIpc) is 3.15. The van der Waals surface area contributed by atoms with Gasteiger partial charge in [0.05, 0.1) is 12.1 Å². The molecule has 3 rings (SSSR count). The maximum absolute atomic E-state index is 12.8. The third kappa shape index (κ3) is 5.91. The summed E-state index contributed by atoms with van der Waals surface area (Å²) >= 11 is 0. The van der Waals surface area contributed by atoms with Crippen molar-refractivity contribution in [2.75, 3.05) is 0 Å². The van der Waals surface area contributed by atoms with Crippen LogP contribution in [0.4, 0.5) is 13.2 Å². The summed E-state index contributed by atoms with van der Waals surface area (Å²) in [5, 5.41) is 13.5. The molecule has 0 amide bonds. The summed E-state index contributed by atoms with van der Waals surface area (Å²) in [5.41, 5.74) is -1.69. The average molecular weight is 461 g/mol. The highest BCUT2D eigenvalue weighted by Gasteiger charge is 2.30. The van der Waals surface area contributed by atoms with Crippen LogP contribution < -0.4 is 9.47 Å². The van der Waals surface area contributed by atoms with Gasteiger partial charge in [-0.1, -0.05) is 18.2 Å². The molecule has 0 unspecified atom stereocenters. The standard InChI is InChI=1S/C23H22F3N3O4/c1-4-13-29-19(27-20(28-29)15-5-7-16(8-6-15)23(24,25)26)14-32-17-9-11-18(12-10-17)33-22(2,3)21(30)31/h4-12H,1,13-14H2,2-3H3,(H,30,31). The van der Waals surface area contributed by atoms with E-state index in [9.17, 15) is 18.0 Å². The number of ether oxygens (including phenoxy) is 2. The molecule has 7 nitrogen and oxygen atoms in total. The number of benzene rings is 2. The molecule has 0 saturated heterocycles. The molecule has 33 heavy (non-hydrogen) atoms. The predicted molar refractivity (Wildman–Crippen MR) is 114 cm³/mol. The number of aliphatic carboxylic acids is 1. The highest BCUT2D eigenvalue weighted by atomic mass is 19.4. The Morgan fingerprint density at radius 1 is 1.09 bits per heavy atom. The van der Waals surface area contributed by atoms with Crippen molar-refractivity contribution in [2.45, 2.75) is 38.8 Å². The second kappa shape index (κ2) is 9.35. The molecule has 0 radical (unpaired) electrons. The van der Waals surface area contributed by atoms with Crippen LogP contribution in [0.3, 0.4) is 0 Å². The van der Waals surface area contributed by atoms with Gasteiger partial charge in [-0.15, -0.1) is 6.58 Å². The van der Waals surface area contributed by atoms with E-state index in [0.717, 1.165) is 12.1 Å². The third-order valence-electron chi connectivity index (χ3n) is 4.60. The highest BCUT2D eigenvalue weighted by Crippen LogP contribution is 2.30. The van der Waals surface area contributed by atoms with Crippen molar-refractivity contribution in [3.8, 4) is 22.9 Å². The zero-order chi connectivity index (χ0) is 24.2. The lowest BCUT2D eigenvalue weighted by Gasteiger charge is -2.21. The number of hydrogen-bond acceptors (Lipinski definition) is 5. The molecular weight excluding hydrogens is 439 g/mol. The van der Waals surface area contributed by atoms with Crippen LogP contribution in [0.5, 0.6) is 11.5 Å². The number of nitrogens with zero attached hydrogens (tertiary/aromatic N) is 3. The number of allylic oxidation sites excluding steroid dienone is 1. The summed E-state index contributed by atoms with van der Waals surface area (Å²) in [6, 6.07) is 11.0. The zero-order valence-electron chi connectivity index (χ0n) is 18.0. The Kier molecular flexibility index (Phi) is 6.75. The van der Waals surface area contributed by atoms with Crippen LogP contribution in [0.1, 0.15) is 25.2 Å². The molecule has 0 aliphatic heterocycles. The topological polar surface area (TPSA) is 86.5 Å². The van der Waals surface area contributed by atoms with Gasteiger partial charge in [0.1, 0.15) is 18.1 Å². The van der Waals surface area contributed by atoms with Gasteiger partial charge < -0.3 is 14.6 Å². The molecule has 1 heterocycles. The summed E-state index contributed by atoms with van der Waals surface area (Å²) in [6.07, 6.45) is -2.80. The second-order valence-corrected chi connectivity index (χ2v) is 7.58. The van der Waals surface area contributed by atoms with Crippen LogP contribution in [0.25, 0.3) is 11.4 Å². The SMILES string of the molecule is C=CCn1nc(-c2ccc(C(F)(F)F)cc2)nc1COc1ccc(OC(C)(C)C(=O)O)cc1. The molecule has 3 aromatic rings. The largest absolute Gasteiger partial charge is 0.486 e. The van der Waals surface area contributed by atoms with Gasteiger partial charge in [-0.25, -0.2) is 14.5 Å². The Morgan fingerprint density at radius 3 is 2.24 bits per heavy atom. The Hall–Kier alpha value is -3.82. The number of hydrogen-bond donors (Lipinski definition) is 1. The van der Waals surface area contributed by atoms with Crippen molar-refractivity contribution < 1.29 is 32.5 Å². The van der Waals surface area contributed by atoms with Crippen molar-refractivity contribution in [1.29, 1.82) is 0 Å². The van der Waals surface area contributed by atoms with Gasteiger partial charge >= 0.3 is 12.1 Å². The van der Waals surface area contributed by atoms with Gasteiger partial charge in [0, 0.05) is 5.56 Å². The molecule has 0 spiro atoms. The second-order valence-electron chi connectivity index (χ2n) is 7.58. The fraction of sp³-hybridized carbons (Fsp3) is 0.261. The fourth-order valence-corrected chi connectivity index (χ4v) is 2.77. The maximum atomic E-state index is 12.8.